The molecule has 6 heteroatoms. The molecule has 0 saturated heterocycles. The summed E-state index contributed by atoms with van der Waals surface area (Å²) in [5, 5.41) is 17.3. The molecule has 0 atom stereocenters. The van der Waals surface area contributed by atoms with Gasteiger partial charge in [-0.3, -0.25) is 14.9 Å². The van der Waals surface area contributed by atoms with E-state index in [0.29, 0.717) is 0 Å². The first-order valence-electron chi connectivity index (χ1n) is 2.26. The van der Waals surface area contributed by atoms with Gasteiger partial charge < -0.3 is 10.2 Å². The topological polar surface area (TPSA) is 104 Å². The lowest BCUT2D eigenvalue weighted by Crippen LogP contribution is -2.37. The molecule has 0 radical (unpaired) electrons. The number of hydrogen-bond donors (Lipinski definition) is 3. The molecule has 0 rings (SSSR count). The number of aliphatic hydroxyl groups excluding tert-OH is 1. The first-order valence-corrected chi connectivity index (χ1v) is 2.26. The van der Waals surface area contributed by atoms with E-state index in [-0.39, 0.29) is 0 Å². The summed E-state index contributed by atoms with van der Waals surface area (Å²) in [5.41, 5.74) is 0. The summed E-state index contributed by atoms with van der Waals surface area (Å²) in [7, 11) is 0. The number of nitrogens with one attached hydrogen (secondary N) is 1. The molecule has 0 spiro atoms. The molecule has 0 aliphatic heterocycles. The van der Waals surface area contributed by atoms with E-state index in [1.165, 1.54) is 5.32 Å². The van der Waals surface area contributed by atoms with Gasteiger partial charge in [0.25, 0.3) is 5.91 Å². The van der Waals surface area contributed by atoms with Crippen LogP contribution in [0.25, 0.3) is 0 Å². The van der Waals surface area contributed by atoms with Crippen molar-refractivity contribution < 1.29 is 24.6 Å². The maximum Gasteiger partial charge on any atom is 0.394 e. The van der Waals surface area contributed by atoms with Crippen molar-refractivity contribution >= 4 is 17.8 Å². The molecule has 3 N–H and O–H groups in total. The monoisotopic (exact) mass is 147 g/mol. The molecule has 0 aromatic heterocycles. The molecule has 0 bridgehead atoms. The van der Waals surface area contributed by atoms with E-state index in [4.69, 9.17) is 10.2 Å². The molecule has 56 valence electrons. The smallest absolute Gasteiger partial charge is 0.394 e. The van der Waals surface area contributed by atoms with Gasteiger partial charge in [0.05, 0.1) is 0 Å². The largest absolute Gasteiger partial charge is 0.474 e. The van der Waals surface area contributed by atoms with E-state index >= 15 is 0 Å². The third-order valence-electron chi connectivity index (χ3n) is 0.591. The number of aliphatic carboxylic acids is 1. The van der Waals surface area contributed by atoms with Crippen LogP contribution >= 0.6 is 0 Å². The summed E-state index contributed by atoms with van der Waals surface area (Å²) in [4.78, 5) is 29.9. The van der Waals surface area contributed by atoms with Crippen molar-refractivity contribution in [2.75, 3.05) is 6.61 Å². The minimum atomic E-state index is -1.76. The van der Waals surface area contributed by atoms with Gasteiger partial charge in [-0.15, -0.1) is 0 Å². The molecule has 0 saturated carbocycles. The Morgan fingerprint density at radius 1 is 1.30 bits per heavy atom. The summed E-state index contributed by atoms with van der Waals surface area (Å²) in [5.74, 6) is -4.24. The molecule has 2 amide bonds. The molecule has 0 aromatic rings. The van der Waals surface area contributed by atoms with E-state index in [1.54, 1.807) is 0 Å². The third-order valence-corrected chi connectivity index (χ3v) is 0.591. The molecular formula is C4H5NO5. The van der Waals surface area contributed by atoms with Crippen molar-refractivity contribution in [3.63, 3.8) is 0 Å². The van der Waals surface area contributed by atoms with Crippen LogP contribution in [0.15, 0.2) is 0 Å². The Morgan fingerprint density at radius 3 is 2.10 bits per heavy atom. The van der Waals surface area contributed by atoms with Gasteiger partial charge in [0.2, 0.25) is 0 Å². The van der Waals surface area contributed by atoms with Crippen LogP contribution in [-0.4, -0.2) is 34.6 Å². The van der Waals surface area contributed by atoms with Gasteiger partial charge in [-0.25, -0.2) is 4.79 Å². The van der Waals surface area contributed by atoms with Crippen LogP contribution in [0.2, 0.25) is 0 Å². The van der Waals surface area contributed by atoms with Crippen LogP contribution in [0.4, 0.5) is 0 Å². The van der Waals surface area contributed by atoms with Crippen LogP contribution < -0.4 is 5.32 Å². The normalized spacial score (nSPS) is 8.50. The first kappa shape index (κ1) is 8.57. The highest BCUT2D eigenvalue weighted by molar-refractivity contribution is 6.34. The standard InChI is InChI=1S/C4H5NO5/c6-1-2(7)5-3(8)4(9)10/h6H,1H2,(H,9,10)(H,5,7,8). The summed E-state index contributed by atoms with van der Waals surface area (Å²) in [6, 6.07) is 0. The van der Waals surface area contributed by atoms with Gasteiger partial charge in [-0.05, 0) is 0 Å². The highest BCUT2D eigenvalue weighted by Gasteiger charge is 2.13. The minimum absolute atomic E-state index is 0.904. The molecule has 0 aromatic carbocycles. The van der Waals surface area contributed by atoms with Crippen molar-refractivity contribution in [2.45, 2.75) is 0 Å². The van der Waals surface area contributed by atoms with E-state index < -0.39 is 24.4 Å². The van der Waals surface area contributed by atoms with Gasteiger partial charge in [0.15, 0.2) is 0 Å². The maximum absolute atomic E-state index is 10.1. The zero-order valence-electron chi connectivity index (χ0n) is 4.83. The Bertz CT molecular complexity index is 174. The molecule has 0 fully saturated rings. The molecule has 0 aliphatic carbocycles. The predicted molar refractivity (Wildman–Crippen MR) is 27.9 cm³/mol. The third kappa shape index (κ3) is 2.78. The minimum Gasteiger partial charge on any atom is -0.474 e. The second kappa shape index (κ2) is 3.57. The summed E-state index contributed by atoms with van der Waals surface area (Å²) < 4.78 is 0. The van der Waals surface area contributed by atoms with E-state index in [2.05, 4.69) is 0 Å². The van der Waals surface area contributed by atoms with Gasteiger partial charge in [0, 0.05) is 0 Å². The van der Waals surface area contributed by atoms with Crippen LogP contribution in [0, 0.1) is 0 Å². The number of amides is 2. The molecular weight excluding hydrogens is 142 g/mol. The highest BCUT2D eigenvalue weighted by atomic mass is 16.4. The van der Waals surface area contributed by atoms with Gasteiger partial charge in [-0.1, -0.05) is 0 Å². The van der Waals surface area contributed by atoms with Gasteiger partial charge in [0.1, 0.15) is 6.61 Å². The lowest BCUT2D eigenvalue weighted by Gasteiger charge is -1.94. The van der Waals surface area contributed by atoms with Crippen LogP contribution in [0.5, 0.6) is 0 Å². The average Bonchev–Trinajstić information content (AvgIpc) is 1.87. The Kier molecular flexibility index (Phi) is 3.06. The Hall–Kier alpha value is -1.43. The summed E-state index contributed by atoms with van der Waals surface area (Å²) in [6.07, 6.45) is 0. The fraction of sp³-hybridized carbons (Fsp3) is 0.250. The molecule has 10 heavy (non-hydrogen) atoms. The second-order valence-corrected chi connectivity index (χ2v) is 1.34. The van der Waals surface area contributed by atoms with E-state index in [9.17, 15) is 14.4 Å². The van der Waals surface area contributed by atoms with Crippen molar-refractivity contribution in [3.8, 4) is 0 Å². The molecule has 0 unspecified atom stereocenters. The van der Waals surface area contributed by atoms with E-state index in [0.717, 1.165) is 0 Å². The molecule has 6 nitrogen and oxygen atoms in total. The number of aliphatic hydroxyl groups is 1. The molecule has 0 heterocycles. The zero-order valence-corrected chi connectivity index (χ0v) is 4.83. The van der Waals surface area contributed by atoms with Crippen LogP contribution in [0.3, 0.4) is 0 Å². The fourth-order valence-electron chi connectivity index (χ4n) is 0.220. The number of carboxylic acid groups (broad SMARTS) is 1. The van der Waals surface area contributed by atoms with Crippen LogP contribution in [0.1, 0.15) is 0 Å². The van der Waals surface area contributed by atoms with Crippen LogP contribution in [-0.2, 0) is 14.4 Å². The van der Waals surface area contributed by atoms with Gasteiger partial charge in [-0.2, -0.15) is 0 Å². The lowest BCUT2D eigenvalue weighted by molar-refractivity contribution is -0.152. The number of carbonyl (C=O) groups excluding carboxylic acids is 2. The SMILES string of the molecule is O=C(CO)NC(=O)C(=O)O. The summed E-state index contributed by atoms with van der Waals surface area (Å²) in [6.45, 7) is -0.904. The number of hydrogen-bond acceptors (Lipinski definition) is 4. The lowest BCUT2D eigenvalue weighted by atomic mass is 10.5. The predicted octanol–water partition coefficient (Wildman–Crippen LogP) is -2.29. The zero-order chi connectivity index (χ0) is 8.15. The fourth-order valence-corrected chi connectivity index (χ4v) is 0.220. The van der Waals surface area contributed by atoms with Crippen molar-refractivity contribution in [2.24, 2.45) is 0 Å². The number of imide groups is 1. The highest BCUT2D eigenvalue weighted by Crippen LogP contribution is 1.66. The second-order valence-electron chi connectivity index (χ2n) is 1.34. The van der Waals surface area contributed by atoms with Gasteiger partial charge >= 0.3 is 11.9 Å². The Morgan fingerprint density at radius 2 is 1.80 bits per heavy atom. The van der Waals surface area contributed by atoms with Crippen molar-refractivity contribution in [1.29, 1.82) is 0 Å². The number of carboxylic acids is 1. The van der Waals surface area contributed by atoms with Crippen molar-refractivity contribution in [1.82, 2.24) is 5.32 Å². The number of carbonyl (C=O) groups is 3. The maximum atomic E-state index is 10.1. The Labute approximate surface area is 55.5 Å². The summed E-state index contributed by atoms with van der Waals surface area (Å²) >= 11 is 0. The quantitative estimate of drug-likeness (QED) is 0.362. The number of rotatable bonds is 1. The van der Waals surface area contributed by atoms with Crippen molar-refractivity contribution in [3.05, 3.63) is 0 Å². The first-order chi connectivity index (χ1) is 4.57. The molecule has 0 aliphatic rings. The van der Waals surface area contributed by atoms with E-state index in [1.807, 2.05) is 0 Å². The Balaban J connectivity index is 3.80. The average molecular weight is 147 g/mol.